The van der Waals surface area contributed by atoms with E-state index in [4.69, 9.17) is 4.74 Å². The predicted molar refractivity (Wildman–Crippen MR) is 82.7 cm³/mol. The maximum absolute atomic E-state index is 11.9. The lowest BCUT2D eigenvalue weighted by atomic mass is 10.1. The minimum absolute atomic E-state index is 0.356. The summed E-state index contributed by atoms with van der Waals surface area (Å²) in [7, 11) is 0. The van der Waals surface area contributed by atoms with Gasteiger partial charge in [0.05, 0.1) is 12.1 Å². The van der Waals surface area contributed by atoms with Crippen LogP contribution in [-0.2, 0) is 19.1 Å². The molecule has 0 aliphatic carbocycles. The molecule has 0 aromatic heterocycles. The molecule has 0 bridgehead atoms. The van der Waals surface area contributed by atoms with E-state index in [1.807, 2.05) is 0 Å². The van der Waals surface area contributed by atoms with Gasteiger partial charge in [-0.3, -0.25) is 19.7 Å². The highest BCUT2D eigenvalue weighted by molar-refractivity contribution is 6.00. The number of halogens is 3. The van der Waals surface area contributed by atoms with Crippen LogP contribution >= 0.6 is 0 Å². The van der Waals surface area contributed by atoms with E-state index < -0.39 is 55.7 Å². The Morgan fingerprint density at radius 1 is 1.22 bits per heavy atom. The molecule has 0 saturated heterocycles. The van der Waals surface area contributed by atoms with Gasteiger partial charge >= 0.3 is 18.2 Å². The van der Waals surface area contributed by atoms with Crippen LogP contribution in [0.15, 0.2) is 24.3 Å². The topological polar surface area (TPSA) is 123 Å². The standard InChI is InChI=1S/C15H14F3N3O6/c16-15(17,18)7-19-14(25)21-11(22)6-26-12(23)5-10-13(24)20-8-3-1-2-4-9(8)27-10/h1-4,10H,5-7H2,(H,20,24)(H2,19,21,22,25)/t10-/m1/s1. The Bertz CT molecular complexity index is 753. The maximum atomic E-state index is 11.9. The van der Waals surface area contributed by atoms with E-state index in [-0.39, 0.29) is 0 Å². The molecular weight excluding hydrogens is 375 g/mol. The number of para-hydroxylation sites is 2. The molecule has 9 nitrogen and oxygen atoms in total. The summed E-state index contributed by atoms with van der Waals surface area (Å²) in [6.45, 7) is -2.54. The minimum Gasteiger partial charge on any atom is -0.478 e. The number of ether oxygens (including phenoxy) is 2. The van der Waals surface area contributed by atoms with Gasteiger partial charge in [0, 0.05) is 0 Å². The number of fused-ring (bicyclic) bond motifs is 1. The lowest BCUT2D eigenvalue weighted by Gasteiger charge is -2.25. The number of nitrogens with one attached hydrogen (secondary N) is 3. The van der Waals surface area contributed by atoms with Gasteiger partial charge in [0.2, 0.25) is 0 Å². The molecule has 1 heterocycles. The van der Waals surface area contributed by atoms with Crippen LogP contribution in [0.25, 0.3) is 0 Å². The summed E-state index contributed by atoms with van der Waals surface area (Å²) in [5.74, 6) is -2.33. The third-order valence-corrected chi connectivity index (χ3v) is 3.13. The average Bonchev–Trinajstić information content (AvgIpc) is 2.58. The van der Waals surface area contributed by atoms with Gasteiger partial charge in [-0.25, -0.2) is 4.79 Å². The lowest BCUT2D eigenvalue weighted by molar-refractivity contribution is -0.151. The number of esters is 1. The zero-order valence-corrected chi connectivity index (χ0v) is 13.6. The van der Waals surface area contributed by atoms with Crippen molar-refractivity contribution in [2.45, 2.75) is 18.7 Å². The molecule has 1 atom stereocenters. The Kier molecular flexibility index (Phi) is 6.21. The van der Waals surface area contributed by atoms with Crippen molar-refractivity contribution < 1.29 is 41.8 Å². The highest BCUT2D eigenvalue weighted by Gasteiger charge is 2.30. The van der Waals surface area contributed by atoms with Crippen molar-refractivity contribution in [2.75, 3.05) is 18.5 Å². The van der Waals surface area contributed by atoms with Crippen LogP contribution in [0.3, 0.4) is 0 Å². The van der Waals surface area contributed by atoms with E-state index in [1.165, 1.54) is 5.32 Å². The summed E-state index contributed by atoms with van der Waals surface area (Å²) in [5, 5.41) is 5.51. The lowest BCUT2D eigenvalue weighted by Crippen LogP contribution is -2.45. The zero-order chi connectivity index (χ0) is 20.0. The third kappa shape index (κ3) is 6.49. The van der Waals surface area contributed by atoms with Crippen LogP contribution < -0.4 is 20.7 Å². The first kappa shape index (κ1) is 20.0. The van der Waals surface area contributed by atoms with Crippen LogP contribution in [-0.4, -0.2) is 49.2 Å². The molecule has 0 radical (unpaired) electrons. The van der Waals surface area contributed by atoms with Crippen molar-refractivity contribution >= 4 is 29.5 Å². The molecule has 0 unspecified atom stereocenters. The molecule has 146 valence electrons. The Labute approximate surface area is 150 Å². The van der Waals surface area contributed by atoms with Gasteiger partial charge in [-0.15, -0.1) is 0 Å². The van der Waals surface area contributed by atoms with Crippen molar-refractivity contribution in [3.8, 4) is 5.75 Å². The summed E-state index contributed by atoms with van der Waals surface area (Å²) in [6, 6.07) is 5.15. The van der Waals surface area contributed by atoms with Crippen molar-refractivity contribution in [1.82, 2.24) is 10.6 Å². The van der Waals surface area contributed by atoms with Crippen LogP contribution in [0.2, 0.25) is 0 Å². The summed E-state index contributed by atoms with van der Waals surface area (Å²) in [4.78, 5) is 46.0. The number of imide groups is 1. The Hall–Kier alpha value is -3.31. The van der Waals surface area contributed by atoms with Crippen LogP contribution in [0.5, 0.6) is 5.75 Å². The first-order chi connectivity index (χ1) is 12.6. The number of carbonyl (C=O) groups is 4. The molecule has 1 aromatic carbocycles. The number of hydrogen-bond acceptors (Lipinski definition) is 6. The number of alkyl halides is 3. The molecule has 1 aromatic rings. The van der Waals surface area contributed by atoms with E-state index >= 15 is 0 Å². The third-order valence-electron chi connectivity index (χ3n) is 3.13. The molecule has 2 rings (SSSR count). The normalized spacial score (nSPS) is 15.7. The van der Waals surface area contributed by atoms with E-state index in [0.29, 0.717) is 11.4 Å². The Morgan fingerprint density at radius 2 is 1.93 bits per heavy atom. The van der Waals surface area contributed by atoms with E-state index in [0.717, 1.165) is 0 Å². The van der Waals surface area contributed by atoms with Crippen molar-refractivity contribution in [1.29, 1.82) is 0 Å². The maximum Gasteiger partial charge on any atom is 0.405 e. The number of benzene rings is 1. The second-order valence-corrected chi connectivity index (χ2v) is 5.30. The van der Waals surface area contributed by atoms with Crippen LogP contribution in [0.4, 0.5) is 23.7 Å². The van der Waals surface area contributed by atoms with E-state index in [2.05, 4.69) is 10.1 Å². The van der Waals surface area contributed by atoms with E-state index in [1.54, 1.807) is 29.6 Å². The first-order valence-electron chi connectivity index (χ1n) is 7.50. The zero-order valence-electron chi connectivity index (χ0n) is 13.6. The fourth-order valence-electron chi connectivity index (χ4n) is 1.97. The highest BCUT2D eigenvalue weighted by atomic mass is 19.4. The summed E-state index contributed by atoms with van der Waals surface area (Å²) >= 11 is 0. The molecule has 1 aliphatic rings. The Morgan fingerprint density at radius 3 is 2.63 bits per heavy atom. The second-order valence-electron chi connectivity index (χ2n) is 5.30. The smallest absolute Gasteiger partial charge is 0.405 e. The predicted octanol–water partition coefficient (Wildman–Crippen LogP) is 0.708. The number of urea groups is 1. The molecule has 4 amide bonds. The fourth-order valence-corrected chi connectivity index (χ4v) is 1.97. The van der Waals surface area contributed by atoms with Gasteiger partial charge in [-0.2, -0.15) is 13.2 Å². The van der Waals surface area contributed by atoms with Gasteiger partial charge in [-0.1, -0.05) is 12.1 Å². The van der Waals surface area contributed by atoms with Crippen LogP contribution in [0, 0.1) is 0 Å². The van der Waals surface area contributed by atoms with Gasteiger partial charge in [0.25, 0.3) is 11.8 Å². The number of anilines is 1. The SMILES string of the molecule is O=C(COC(=O)C[C@H]1Oc2ccccc2NC1=O)NC(=O)NCC(F)(F)F. The molecule has 0 saturated carbocycles. The van der Waals surface area contributed by atoms with Gasteiger partial charge in [0.15, 0.2) is 12.7 Å². The Balaban J connectivity index is 1.74. The summed E-state index contributed by atoms with van der Waals surface area (Å²) < 4.78 is 45.7. The molecule has 12 heteroatoms. The summed E-state index contributed by atoms with van der Waals surface area (Å²) in [6.07, 6.45) is -6.31. The van der Waals surface area contributed by atoms with Gasteiger partial charge in [-0.05, 0) is 12.1 Å². The number of hydrogen-bond donors (Lipinski definition) is 3. The molecule has 1 aliphatic heterocycles. The van der Waals surface area contributed by atoms with E-state index in [9.17, 15) is 32.3 Å². The highest BCUT2D eigenvalue weighted by Crippen LogP contribution is 2.29. The molecular formula is C15H14F3N3O6. The molecule has 0 spiro atoms. The number of rotatable bonds is 5. The monoisotopic (exact) mass is 389 g/mol. The molecule has 0 fully saturated rings. The average molecular weight is 389 g/mol. The van der Waals surface area contributed by atoms with Gasteiger partial charge < -0.3 is 20.1 Å². The minimum atomic E-state index is -4.63. The molecule has 27 heavy (non-hydrogen) atoms. The van der Waals surface area contributed by atoms with Gasteiger partial charge in [0.1, 0.15) is 12.3 Å². The van der Waals surface area contributed by atoms with Crippen molar-refractivity contribution in [2.24, 2.45) is 0 Å². The molecule has 3 N–H and O–H groups in total. The van der Waals surface area contributed by atoms with Crippen LogP contribution in [0.1, 0.15) is 6.42 Å². The largest absolute Gasteiger partial charge is 0.478 e. The second kappa shape index (κ2) is 8.38. The number of carbonyl (C=O) groups excluding carboxylic acids is 4. The number of amides is 4. The first-order valence-corrected chi connectivity index (χ1v) is 7.50. The summed E-state index contributed by atoms with van der Waals surface area (Å²) in [5.41, 5.74) is 0.441. The van der Waals surface area contributed by atoms with Crippen molar-refractivity contribution in [3.63, 3.8) is 0 Å². The van der Waals surface area contributed by atoms with Crippen molar-refractivity contribution in [3.05, 3.63) is 24.3 Å². The quantitative estimate of drug-likeness (QED) is 0.638. The fraction of sp³-hybridized carbons (Fsp3) is 0.333.